The number of ether oxygens (including phenoxy) is 1. The first-order valence-electron chi connectivity index (χ1n) is 6.43. The highest BCUT2D eigenvalue weighted by Crippen LogP contribution is 2.19. The second kappa shape index (κ2) is 5.59. The lowest BCUT2D eigenvalue weighted by Gasteiger charge is -2.29. The van der Waals surface area contributed by atoms with Crippen LogP contribution in [0.1, 0.15) is 13.8 Å². The fourth-order valence-corrected chi connectivity index (χ4v) is 1.86. The van der Waals surface area contributed by atoms with Crippen LogP contribution in [0.25, 0.3) is 0 Å². The van der Waals surface area contributed by atoms with Gasteiger partial charge in [-0.2, -0.15) is 0 Å². The third-order valence-corrected chi connectivity index (χ3v) is 3.06. The fourth-order valence-electron chi connectivity index (χ4n) is 1.86. The number of carbonyl (C=O) groups is 1. The third-order valence-electron chi connectivity index (χ3n) is 3.06. The van der Waals surface area contributed by atoms with Crippen molar-refractivity contribution in [3.63, 3.8) is 0 Å². The Morgan fingerprint density at radius 2 is 1.84 bits per heavy atom. The Balaban J connectivity index is 2.00. The molecule has 0 unspecified atom stereocenters. The van der Waals surface area contributed by atoms with Crippen LogP contribution in [-0.4, -0.2) is 42.9 Å². The Labute approximate surface area is 113 Å². The van der Waals surface area contributed by atoms with Gasteiger partial charge in [0.2, 0.25) is 0 Å². The Morgan fingerprint density at radius 1 is 1.26 bits per heavy atom. The Kier molecular flexibility index (Phi) is 4.07. The number of hydrogen-bond acceptors (Lipinski definition) is 4. The van der Waals surface area contributed by atoms with Crippen LogP contribution in [0.2, 0.25) is 0 Å². The smallest absolute Gasteiger partial charge is 0.255 e. The molecule has 5 nitrogen and oxygen atoms in total. The summed E-state index contributed by atoms with van der Waals surface area (Å²) in [4.78, 5) is 13.9. The summed E-state index contributed by atoms with van der Waals surface area (Å²) in [6.45, 7) is 6.19. The average Bonchev–Trinajstić information content (AvgIpc) is 2.39. The molecule has 0 aromatic heterocycles. The number of carbonyl (C=O) groups excluding carboxylic acids is 1. The van der Waals surface area contributed by atoms with Crippen molar-refractivity contribution >= 4 is 17.3 Å². The van der Waals surface area contributed by atoms with E-state index >= 15 is 0 Å². The first-order valence-corrected chi connectivity index (χ1v) is 6.43. The lowest BCUT2D eigenvalue weighted by molar-refractivity contribution is -0.130. The van der Waals surface area contributed by atoms with Gasteiger partial charge < -0.3 is 20.1 Å². The molecule has 5 heteroatoms. The standard InChI is InChI=1S/C14H20N2O3/c1-14(2,18)13(17)15-11-3-5-12(6-4-11)16-7-9-19-10-8-16/h3-6,18H,7-10H2,1-2H3,(H,15,17). The molecule has 1 aromatic rings. The van der Waals surface area contributed by atoms with E-state index < -0.39 is 11.5 Å². The van der Waals surface area contributed by atoms with Gasteiger partial charge in [0, 0.05) is 24.5 Å². The van der Waals surface area contributed by atoms with E-state index in [9.17, 15) is 9.90 Å². The number of benzene rings is 1. The maximum atomic E-state index is 11.6. The van der Waals surface area contributed by atoms with Crippen molar-refractivity contribution in [1.29, 1.82) is 0 Å². The average molecular weight is 264 g/mol. The van der Waals surface area contributed by atoms with Crippen molar-refractivity contribution < 1.29 is 14.6 Å². The number of nitrogens with zero attached hydrogens (tertiary/aromatic N) is 1. The summed E-state index contributed by atoms with van der Waals surface area (Å²) in [7, 11) is 0. The molecule has 2 rings (SSSR count). The number of morpholine rings is 1. The summed E-state index contributed by atoms with van der Waals surface area (Å²) >= 11 is 0. The van der Waals surface area contributed by atoms with Crippen molar-refractivity contribution in [2.45, 2.75) is 19.4 Å². The molecule has 1 saturated heterocycles. The summed E-state index contributed by atoms with van der Waals surface area (Å²) in [5.74, 6) is -0.411. The molecule has 1 amide bonds. The van der Waals surface area contributed by atoms with E-state index in [-0.39, 0.29) is 0 Å². The zero-order chi connectivity index (χ0) is 13.9. The van der Waals surface area contributed by atoms with Crippen LogP contribution in [-0.2, 0) is 9.53 Å². The van der Waals surface area contributed by atoms with Crippen LogP contribution in [0, 0.1) is 0 Å². The maximum Gasteiger partial charge on any atom is 0.255 e. The molecule has 0 saturated carbocycles. The Morgan fingerprint density at radius 3 is 2.37 bits per heavy atom. The molecule has 1 aliphatic heterocycles. The molecular formula is C14H20N2O3. The normalized spacial score (nSPS) is 16.3. The number of nitrogens with one attached hydrogen (secondary N) is 1. The van der Waals surface area contributed by atoms with Gasteiger partial charge in [-0.05, 0) is 38.1 Å². The van der Waals surface area contributed by atoms with Gasteiger partial charge in [0.1, 0.15) is 5.60 Å². The highest BCUT2D eigenvalue weighted by molar-refractivity contribution is 5.96. The van der Waals surface area contributed by atoms with Crippen LogP contribution >= 0.6 is 0 Å². The molecule has 1 aromatic carbocycles. The van der Waals surface area contributed by atoms with Crippen molar-refractivity contribution in [1.82, 2.24) is 0 Å². The van der Waals surface area contributed by atoms with Crippen LogP contribution in [0.15, 0.2) is 24.3 Å². The third kappa shape index (κ3) is 3.68. The summed E-state index contributed by atoms with van der Waals surface area (Å²) in [5.41, 5.74) is 0.428. The van der Waals surface area contributed by atoms with E-state index in [4.69, 9.17) is 4.74 Å². The van der Waals surface area contributed by atoms with Crippen LogP contribution in [0.3, 0.4) is 0 Å². The summed E-state index contributed by atoms with van der Waals surface area (Å²) in [6.07, 6.45) is 0. The number of aliphatic hydroxyl groups is 1. The van der Waals surface area contributed by atoms with Gasteiger partial charge in [-0.25, -0.2) is 0 Å². The monoisotopic (exact) mass is 264 g/mol. The molecule has 2 N–H and O–H groups in total. The highest BCUT2D eigenvalue weighted by atomic mass is 16.5. The Bertz CT molecular complexity index is 431. The van der Waals surface area contributed by atoms with Gasteiger partial charge in [0.05, 0.1) is 13.2 Å². The lowest BCUT2D eigenvalue weighted by atomic mass is 10.1. The zero-order valence-electron chi connectivity index (χ0n) is 11.3. The topological polar surface area (TPSA) is 61.8 Å². The molecule has 0 atom stereocenters. The molecule has 1 heterocycles. The van der Waals surface area contributed by atoms with Gasteiger partial charge in [-0.1, -0.05) is 0 Å². The molecule has 19 heavy (non-hydrogen) atoms. The van der Waals surface area contributed by atoms with Crippen LogP contribution < -0.4 is 10.2 Å². The van der Waals surface area contributed by atoms with Gasteiger partial charge in [0.25, 0.3) is 5.91 Å². The van der Waals surface area contributed by atoms with Crippen molar-refractivity contribution in [3.05, 3.63) is 24.3 Å². The van der Waals surface area contributed by atoms with E-state index in [0.29, 0.717) is 5.69 Å². The molecule has 0 bridgehead atoms. The largest absolute Gasteiger partial charge is 0.381 e. The molecule has 1 fully saturated rings. The van der Waals surface area contributed by atoms with Crippen LogP contribution in [0.5, 0.6) is 0 Å². The Hall–Kier alpha value is -1.59. The first-order chi connectivity index (χ1) is 8.97. The molecule has 104 valence electrons. The summed E-state index contributed by atoms with van der Waals surface area (Å²) < 4.78 is 5.31. The number of anilines is 2. The van der Waals surface area contributed by atoms with Crippen LogP contribution in [0.4, 0.5) is 11.4 Å². The van der Waals surface area contributed by atoms with E-state index in [1.54, 1.807) is 0 Å². The maximum absolute atomic E-state index is 11.6. The van der Waals surface area contributed by atoms with E-state index in [1.807, 2.05) is 24.3 Å². The molecule has 0 spiro atoms. The van der Waals surface area contributed by atoms with E-state index in [1.165, 1.54) is 13.8 Å². The second-order valence-electron chi connectivity index (χ2n) is 5.16. The predicted octanol–water partition coefficient (Wildman–Crippen LogP) is 1.23. The number of rotatable bonds is 3. The molecular weight excluding hydrogens is 244 g/mol. The number of amides is 1. The highest BCUT2D eigenvalue weighted by Gasteiger charge is 2.23. The molecule has 0 aliphatic carbocycles. The van der Waals surface area contributed by atoms with E-state index in [2.05, 4.69) is 10.2 Å². The van der Waals surface area contributed by atoms with Gasteiger partial charge in [-0.3, -0.25) is 4.79 Å². The quantitative estimate of drug-likeness (QED) is 0.862. The van der Waals surface area contributed by atoms with Gasteiger partial charge >= 0.3 is 0 Å². The minimum atomic E-state index is -1.37. The van der Waals surface area contributed by atoms with E-state index in [0.717, 1.165) is 32.0 Å². The van der Waals surface area contributed by atoms with Crippen molar-refractivity contribution in [2.24, 2.45) is 0 Å². The zero-order valence-corrected chi connectivity index (χ0v) is 11.3. The minimum Gasteiger partial charge on any atom is -0.381 e. The second-order valence-corrected chi connectivity index (χ2v) is 5.16. The number of hydrogen-bond donors (Lipinski definition) is 2. The van der Waals surface area contributed by atoms with Gasteiger partial charge in [0.15, 0.2) is 0 Å². The summed E-state index contributed by atoms with van der Waals surface area (Å²) in [5, 5.41) is 12.3. The lowest BCUT2D eigenvalue weighted by Crippen LogP contribution is -2.37. The van der Waals surface area contributed by atoms with Crippen molar-refractivity contribution in [2.75, 3.05) is 36.5 Å². The fraction of sp³-hybridized carbons (Fsp3) is 0.500. The minimum absolute atomic E-state index is 0.411. The van der Waals surface area contributed by atoms with Crippen molar-refractivity contribution in [3.8, 4) is 0 Å². The first kappa shape index (κ1) is 13.8. The molecule has 0 radical (unpaired) electrons. The van der Waals surface area contributed by atoms with Gasteiger partial charge in [-0.15, -0.1) is 0 Å². The predicted molar refractivity (Wildman–Crippen MR) is 74.4 cm³/mol. The molecule has 1 aliphatic rings. The summed E-state index contributed by atoms with van der Waals surface area (Å²) in [6, 6.07) is 7.61. The SMILES string of the molecule is CC(C)(O)C(=O)Nc1ccc(N2CCOCC2)cc1.